The van der Waals surface area contributed by atoms with Gasteiger partial charge in [-0.05, 0) is 60.9 Å². The lowest BCUT2D eigenvalue weighted by Crippen LogP contribution is -2.48. The molecule has 0 fully saturated rings. The normalized spacial score (nSPS) is 18.2. The minimum Gasteiger partial charge on any atom is -0.497 e. The summed E-state index contributed by atoms with van der Waals surface area (Å²) >= 11 is 0. The van der Waals surface area contributed by atoms with Crippen molar-refractivity contribution >= 4 is 17.7 Å². The van der Waals surface area contributed by atoms with Crippen molar-refractivity contribution in [1.82, 2.24) is 20.5 Å². The Hall–Kier alpha value is -4.40. The van der Waals surface area contributed by atoms with Crippen molar-refractivity contribution in [2.24, 2.45) is 0 Å². The Labute approximate surface area is 222 Å². The number of pyridine rings is 1. The summed E-state index contributed by atoms with van der Waals surface area (Å²) in [6, 6.07) is 15.1. The van der Waals surface area contributed by atoms with Crippen LogP contribution >= 0.6 is 0 Å². The first-order valence-electron chi connectivity index (χ1n) is 12.5. The molecule has 2 bridgehead atoms. The van der Waals surface area contributed by atoms with Gasteiger partial charge in [0.25, 0.3) is 5.91 Å². The standard InChI is InChI=1S/C29H32N4O5/c1-19-18-38-26-11-9-23(37-3)15-24(26)21-7-4-8-22(14-21)29(36)33(2)25(10-12-27(34)32-19)28(35)31-17-20-6-5-13-30-16-20/h4-9,11,13-16,19,25H,10,12,17-18H2,1-3H3,(H,31,35)(H,32,34)/t19-,25+/m1/s1. The minimum absolute atomic E-state index is 0.0702. The third-order valence-electron chi connectivity index (χ3n) is 6.43. The lowest BCUT2D eigenvalue weighted by Gasteiger charge is -2.27. The third-order valence-corrected chi connectivity index (χ3v) is 6.43. The number of amides is 3. The molecule has 2 aromatic carbocycles. The van der Waals surface area contributed by atoms with E-state index in [1.165, 1.54) is 4.90 Å². The monoisotopic (exact) mass is 516 g/mol. The van der Waals surface area contributed by atoms with Crippen molar-refractivity contribution in [1.29, 1.82) is 0 Å². The summed E-state index contributed by atoms with van der Waals surface area (Å²) in [4.78, 5) is 45.0. The second-order valence-corrected chi connectivity index (χ2v) is 9.27. The van der Waals surface area contributed by atoms with Gasteiger partial charge >= 0.3 is 0 Å². The zero-order valence-corrected chi connectivity index (χ0v) is 21.8. The van der Waals surface area contributed by atoms with E-state index < -0.39 is 6.04 Å². The highest BCUT2D eigenvalue weighted by Crippen LogP contribution is 2.34. The molecule has 2 N–H and O–H groups in total. The summed E-state index contributed by atoms with van der Waals surface area (Å²) in [5, 5.41) is 5.80. The zero-order valence-electron chi connectivity index (χ0n) is 21.8. The van der Waals surface area contributed by atoms with Crippen LogP contribution in [0, 0.1) is 0 Å². The van der Waals surface area contributed by atoms with E-state index in [0.29, 0.717) is 17.1 Å². The summed E-state index contributed by atoms with van der Waals surface area (Å²) < 4.78 is 11.5. The Bertz CT molecular complexity index is 1300. The molecule has 9 nitrogen and oxygen atoms in total. The average Bonchev–Trinajstić information content (AvgIpc) is 2.94. The topological polar surface area (TPSA) is 110 Å². The molecule has 4 rings (SSSR count). The van der Waals surface area contributed by atoms with Crippen LogP contribution in [0.3, 0.4) is 0 Å². The molecule has 9 heteroatoms. The summed E-state index contributed by atoms with van der Waals surface area (Å²) in [6.07, 6.45) is 3.56. The summed E-state index contributed by atoms with van der Waals surface area (Å²) in [5.41, 5.74) is 2.76. The van der Waals surface area contributed by atoms with Gasteiger partial charge in [0.1, 0.15) is 24.1 Å². The van der Waals surface area contributed by atoms with Crippen LogP contribution in [0.25, 0.3) is 11.1 Å². The summed E-state index contributed by atoms with van der Waals surface area (Å²) in [5.74, 6) is 0.349. The maximum atomic E-state index is 13.6. The van der Waals surface area contributed by atoms with Gasteiger partial charge in [-0.25, -0.2) is 0 Å². The second kappa shape index (κ2) is 12.2. The fraction of sp³-hybridized carbons (Fsp3) is 0.310. The van der Waals surface area contributed by atoms with Crippen LogP contribution in [0.4, 0.5) is 0 Å². The van der Waals surface area contributed by atoms with E-state index >= 15 is 0 Å². The van der Waals surface area contributed by atoms with E-state index in [2.05, 4.69) is 15.6 Å². The number of hydrogen-bond donors (Lipinski definition) is 2. The molecule has 38 heavy (non-hydrogen) atoms. The van der Waals surface area contributed by atoms with Gasteiger partial charge in [0.15, 0.2) is 0 Å². The molecule has 2 atom stereocenters. The van der Waals surface area contributed by atoms with Gasteiger partial charge in [-0.15, -0.1) is 0 Å². The fourth-order valence-corrected chi connectivity index (χ4v) is 4.33. The van der Waals surface area contributed by atoms with Crippen LogP contribution in [-0.2, 0) is 16.1 Å². The second-order valence-electron chi connectivity index (χ2n) is 9.27. The van der Waals surface area contributed by atoms with Gasteiger partial charge in [0, 0.05) is 43.5 Å². The van der Waals surface area contributed by atoms with Gasteiger partial charge in [0.2, 0.25) is 11.8 Å². The number of likely N-dealkylation sites (N-methyl/N-ethyl adjacent to an activating group) is 1. The van der Waals surface area contributed by atoms with Crippen molar-refractivity contribution < 1.29 is 23.9 Å². The molecule has 3 aromatic rings. The third kappa shape index (κ3) is 6.47. The Kier molecular flexibility index (Phi) is 8.58. The number of carbonyl (C=O) groups is 3. The van der Waals surface area contributed by atoms with E-state index in [0.717, 1.165) is 16.7 Å². The number of ether oxygens (including phenoxy) is 2. The first kappa shape index (κ1) is 26.7. The highest BCUT2D eigenvalue weighted by atomic mass is 16.5. The number of hydrogen-bond acceptors (Lipinski definition) is 6. The van der Waals surface area contributed by atoms with Gasteiger partial charge < -0.3 is 25.0 Å². The Morgan fingerprint density at radius 1 is 1.16 bits per heavy atom. The van der Waals surface area contributed by atoms with Gasteiger partial charge in [-0.3, -0.25) is 19.4 Å². The number of nitrogens with one attached hydrogen (secondary N) is 2. The quantitative estimate of drug-likeness (QED) is 0.551. The number of nitrogens with zero attached hydrogens (tertiary/aromatic N) is 2. The van der Waals surface area contributed by atoms with Crippen LogP contribution in [0.2, 0.25) is 0 Å². The van der Waals surface area contributed by atoms with Gasteiger partial charge in [-0.2, -0.15) is 0 Å². The SMILES string of the molecule is COc1ccc2c(c1)-c1cccc(c1)C(=O)N(C)[C@H](C(=O)NCc1cccnc1)CCC(=O)N[C@H](C)CO2. The molecule has 0 unspecified atom stereocenters. The zero-order chi connectivity index (χ0) is 27.1. The van der Waals surface area contributed by atoms with E-state index in [1.54, 1.807) is 56.9 Å². The van der Waals surface area contributed by atoms with Gasteiger partial charge in [0.05, 0.1) is 13.2 Å². The van der Waals surface area contributed by atoms with Gasteiger partial charge in [-0.1, -0.05) is 18.2 Å². The number of fused-ring (bicyclic) bond motifs is 4. The van der Waals surface area contributed by atoms with Crippen molar-refractivity contribution in [2.45, 2.75) is 38.4 Å². The largest absolute Gasteiger partial charge is 0.497 e. The van der Waals surface area contributed by atoms with Crippen LogP contribution in [0.1, 0.15) is 35.7 Å². The molecule has 0 saturated carbocycles. The van der Waals surface area contributed by atoms with Crippen LogP contribution < -0.4 is 20.1 Å². The number of methoxy groups -OCH3 is 1. The molecule has 1 aliphatic heterocycles. The molecule has 0 spiro atoms. The smallest absolute Gasteiger partial charge is 0.254 e. The summed E-state index contributed by atoms with van der Waals surface area (Å²) in [6.45, 7) is 2.37. The van der Waals surface area contributed by atoms with Crippen LogP contribution in [-0.4, -0.2) is 60.5 Å². The molecule has 0 aliphatic carbocycles. The number of benzene rings is 2. The van der Waals surface area contributed by atoms with Crippen LogP contribution in [0.5, 0.6) is 11.5 Å². The minimum atomic E-state index is -0.849. The molecule has 1 aromatic heterocycles. The molecule has 0 saturated heterocycles. The Balaban J connectivity index is 1.67. The maximum Gasteiger partial charge on any atom is 0.254 e. The number of carbonyl (C=O) groups excluding carboxylic acids is 3. The fourth-order valence-electron chi connectivity index (χ4n) is 4.33. The lowest BCUT2D eigenvalue weighted by molar-refractivity contribution is -0.126. The van der Waals surface area contributed by atoms with Crippen LogP contribution in [0.15, 0.2) is 67.0 Å². The van der Waals surface area contributed by atoms with E-state index in [1.807, 2.05) is 31.2 Å². The molecule has 1 aliphatic rings. The van der Waals surface area contributed by atoms with E-state index in [-0.39, 0.29) is 49.8 Å². The van der Waals surface area contributed by atoms with Crippen molar-refractivity contribution in [3.63, 3.8) is 0 Å². The molecular weight excluding hydrogens is 484 g/mol. The van der Waals surface area contributed by atoms with Crippen molar-refractivity contribution in [2.75, 3.05) is 20.8 Å². The maximum absolute atomic E-state index is 13.6. The summed E-state index contributed by atoms with van der Waals surface area (Å²) in [7, 11) is 3.17. The van der Waals surface area contributed by atoms with Crippen molar-refractivity contribution in [3.05, 3.63) is 78.1 Å². The highest BCUT2D eigenvalue weighted by molar-refractivity contribution is 5.98. The first-order valence-corrected chi connectivity index (χ1v) is 12.5. The molecule has 198 valence electrons. The Morgan fingerprint density at radius 2 is 1.97 bits per heavy atom. The highest BCUT2D eigenvalue weighted by Gasteiger charge is 2.29. The van der Waals surface area contributed by atoms with E-state index in [9.17, 15) is 14.4 Å². The first-order chi connectivity index (χ1) is 18.4. The predicted molar refractivity (Wildman–Crippen MR) is 143 cm³/mol. The number of rotatable bonds is 4. The molecular formula is C29H32N4O5. The molecule has 3 amide bonds. The molecule has 0 radical (unpaired) electrons. The lowest BCUT2D eigenvalue weighted by atomic mass is 10.0. The Morgan fingerprint density at radius 3 is 2.74 bits per heavy atom. The van der Waals surface area contributed by atoms with E-state index in [4.69, 9.17) is 9.47 Å². The number of aromatic nitrogens is 1. The average molecular weight is 517 g/mol. The molecule has 2 heterocycles. The predicted octanol–water partition coefficient (Wildman–Crippen LogP) is 3.19. The van der Waals surface area contributed by atoms with Crippen molar-refractivity contribution in [3.8, 4) is 22.6 Å².